The van der Waals surface area contributed by atoms with E-state index >= 15 is 0 Å². The SMILES string of the molecule is CCN1C[C@]2(COC(=O)c3ccccc3N3C(=O)CCC3=O)CC[C@H](OC)[C@@]34[C@@H]5C[C@H]6[C@H](OC)[C@@H]5[C@](O)(C[C@@H]6OC)[C@](O)([C@@H](OC)[C@@H]23)[C@@H]14. The van der Waals surface area contributed by atoms with Crippen LogP contribution < -0.4 is 4.90 Å². The van der Waals surface area contributed by atoms with Crippen LogP contribution in [0.2, 0.25) is 0 Å². The molecule has 2 saturated heterocycles. The van der Waals surface area contributed by atoms with E-state index in [1.165, 1.54) is 0 Å². The fourth-order valence-corrected chi connectivity index (χ4v) is 13.0. The molecule has 0 aromatic heterocycles. The predicted molar refractivity (Wildman–Crippen MR) is 170 cm³/mol. The number of piperidine rings is 1. The molecular weight excluding hydrogens is 620 g/mol. The summed E-state index contributed by atoms with van der Waals surface area (Å²) in [6.07, 6.45) is 0.951. The van der Waals surface area contributed by atoms with Gasteiger partial charge in [-0.15, -0.1) is 0 Å². The summed E-state index contributed by atoms with van der Waals surface area (Å²) < 4.78 is 31.3. The van der Waals surface area contributed by atoms with Crippen LogP contribution in [-0.4, -0.2) is 123 Å². The van der Waals surface area contributed by atoms with E-state index in [0.29, 0.717) is 25.9 Å². The van der Waals surface area contributed by atoms with Crippen LogP contribution >= 0.6 is 0 Å². The maximum Gasteiger partial charge on any atom is 0.340 e. The summed E-state index contributed by atoms with van der Waals surface area (Å²) in [6, 6.07) is 6.11. The van der Waals surface area contributed by atoms with E-state index in [4.69, 9.17) is 23.7 Å². The average molecular weight is 669 g/mol. The van der Waals surface area contributed by atoms with Gasteiger partial charge in [0.05, 0.1) is 48.3 Å². The zero-order valence-electron chi connectivity index (χ0n) is 28.4. The highest BCUT2D eigenvalue weighted by atomic mass is 16.5. The highest BCUT2D eigenvalue weighted by molar-refractivity contribution is 6.21. The Labute approximate surface area is 280 Å². The lowest BCUT2D eigenvalue weighted by atomic mass is 9.42. The molecule has 2 aliphatic heterocycles. The van der Waals surface area contributed by atoms with Crippen LogP contribution in [-0.2, 0) is 33.3 Å². The number of ether oxygens (including phenoxy) is 5. The fraction of sp³-hybridized carbons (Fsp3) is 0.750. The maximum absolute atomic E-state index is 14.0. The molecule has 7 bridgehead atoms. The van der Waals surface area contributed by atoms with Crippen molar-refractivity contribution in [3.8, 4) is 0 Å². The Morgan fingerprint density at radius 1 is 1.00 bits per heavy atom. The molecular formula is C36H48N2O10. The first kappa shape index (κ1) is 32.7. The minimum absolute atomic E-state index is 0.0394. The molecule has 12 heteroatoms. The minimum Gasteiger partial charge on any atom is -0.461 e. The van der Waals surface area contributed by atoms with Gasteiger partial charge in [0.15, 0.2) is 0 Å². The summed E-state index contributed by atoms with van der Waals surface area (Å²) in [6.45, 7) is 3.24. The molecule has 1 aromatic carbocycles. The van der Waals surface area contributed by atoms with E-state index in [1.54, 1.807) is 52.7 Å². The molecule has 2 amide bonds. The Balaban J connectivity index is 1.24. The standard InChI is InChI=1S/C36H48N2O10/c1-6-37-17-33(18-48-31(41)19-9-7-8-10-22(19)38-25(39)11-12-26(38)40)14-13-24(45-3)35-21-15-20-23(44-2)16-34(42,27(21)28(20)46-4)36(43,32(35)37)30(47-5)29(33)35/h7-10,20-21,23-24,27-30,32,42-43H,6,11-18H2,1-5H3/t20-,21-,23+,24+,27-,28+,29+,30+,32+,33+,34-,35+,36+/m1/s1. The van der Waals surface area contributed by atoms with Crippen molar-refractivity contribution in [2.75, 3.05) is 53.0 Å². The molecule has 7 fully saturated rings. The predicted octanol–water partition coefficient (Wildman–Crippen LogP) is 1.79. The molecule has 262 valence electrons. The van der Waals surface area contributed by atoms with E-state index in [2.05, 4.69) is 11.8 Å². The van der Waals surface area contributed by atoms with E-state index in [-0.39, 0.29) is 90.9 Å². The van der Waals surface area contributed by atoms with Crippen molar-refractivity contribution < 1.29 is 48.3 Å². The molecule has 8 rings (SSSR count). The summed E-state index contributed by atoms with van der Waals surface area (Å²) in [7, 11) is 6.70. The number of hydrogen-bond acceptors (Lipinski definition) is 11. The van der Waals surface area contributed by atoms with Crippen molar-refractivity contribution in [1.29, 1.82) is 0 Å². The number of aliphatic hydroxyl groups is 2. The lowest BCUT2D eigenvalue weighted by Gasteiger charge is -2.70. The van der Waals surface area contributed by atoms with Crippen molar-refractivity contribution in [3.63, 3.8) is 0 Å². The third-order valence-corrected chi connectivity index (χ3v) is 14.2. The summed E-state index contributed by atoms with van der Waals surface area (Å²) >= 11 is 0. The number of hydrogen-bond donors (Lipinski definition) is 2. The van der Waals surface area contributed by atoms with Gasteiger partial charge >= 0.3 is 5.97 Å². The second kappa shape index (κ2) is 11.0. The largest absolute Gasteiger partial charge is 0.461 e. The summed E-state index contributed by atoms with van der Waals surface area (Å²) in [4.78, 5) is 42.6. The number of likely N-dealkylation sites (tertiary alicyclic amines) is 1. The summed E-state index contributed by atoms with van der Waals surface area (Å²) in [5.74, 6) is -2.00. The highest BCUT2D eigenvalue weighted by Crippen LogP contribution is 2.80. The number of benzene rings is 1. The maximum atomic E-state index is 14.0. The van der Waals surface area contributed by atoms with E-state index in [1.807, 2.05) is 0 Å². The number of fused-ring (bicyclic) bond motifs is 2. The number of carbonyl (C=O) groups is 3. The number of esters is 1. The average Bonchev–Trinajstić information content (AvgIpc) is 3.66. The zero-order chi connectivity index (χ0) is 34.0. The molecule has 5 aliphatic carbocycles. The molecule has 7 aliphatic rings. The van der Waals surface area contributed by atoms with Crippen LogP contribution in [0.5, 0.6) is 0 Å². The van der Waals surface area contributed by atoms with E-state index in [0.717, 1.165) is 11.3 Å². The van der Waals surface area contributed by atoms with Gasteiger partial charge in [0.25, 0.3) is 0 Å². The first-order chi connectivity index (χ1) is 23.0. The molecule has 13 atom stereocenters. The molecule has 48 heavy (non-hydrogen) atoms. The molecule has 12 nitrogen and oxygen atoms in total. The Bertz CT molecular complexity index is 1510. The number of anilines is 1. The molecule has 2 N–H and O–H groups in total. The van der Waals surface area contributed by atoms with E-state index in [9.17, 15) is 24.6 Å². The van der Waals surface area contributed by atoms with Crippen LogP contribution in [0, 0.1) is 34.5 Å². The van der Waals surface area contributed by atoms with Crippen LogP contribution in [0.4, 0.5) is 5.69 Å². The van der Waals surface area contributed by atoms with Gasteiger partial charge in [0.2, 0.25) is 11.8 Å². The first-order valence-corrected chi connectivity index (χ1v) is 17.5. The third-order valence-electron chi connectivity index (χ3n) is 14.2. The topological polar surface area (TPSA) is 144 Å². The van der Waals surface area contributed by atoms with Crippen molar-refractivity contribution in [2.24, 2.45) is 34.5 Å². The Morgan fingerprint density at radius 3 is 2.38 bits per heavy atom. The third kappa shape index (κ3) is 3.67. The minimum atomic E-state index is -1.69. The summed E-state index contributed by atoms with van der Waals surface area (Å²) in [5.41, 5.74) is -4.15. The van der Waals surface area contributed by atoms with Gasteiger partial charge in [-0.05, 0) is 43.9 Å². The monoisotopic (exact) mass is 668 g/mol. The number of likely N-dealkylation sites (N-methyl/N-ethyl adjacent to an activating group) is 1. The van der Waals surface area contributed by atoms with Gasteiger partial charge in [-0.2, -0.15) is 0 Å². The van der Waals surface area contributed by atoms with Crippen LogP contribution in [0.3, 0.4) is 0 Å². The smallest absolute Gasteiger partial charge is 0.340 e. The molecule has 5 saturated carbocycles. The number of rotatable bonds is 9. The van der Waals surface area contributed by atoms with Crippen molar-refractivity contribution in [2.45, 2.75) is 87.1 Å². The zero-order valence-corrected chi connectivity index (χ0v) is 28.4. The Hall–Kier alpha value is -2.45. The van der Waals surface area contributed by atoms with Crippen LogP contribution in [0.1, 0.15) is 55.8 Å². The van der Waals surface area contributed by atoms with Crippen LogP contribution in [0.15, 0.2) is 24.3 Å². The molecule has 2 heterocycles. The highest BCUT2D eigenvalue weighted by Gasteiger charge is 2.91. The number of imide groups is 1. The summed E-state index contributed by atoms with van der Waals surface area (Å²) in [5, 5.41) is 26.5. The second-order valence-electron chi connectivity index (χ2n) is 15.4. The quantitative estimate of drug-likeness (QED) is 0.294. The normalized spacial score (nSPS) is 47.1. The Kier molecular flexibility index (Phi) is 7.52. The van der Waals surface area contributed by atoms with Gasteiger partial charge in [-0.3, -0.25) is 14.5 Å². The number of para-hydroxylation sites is 1. The lowest BCUT2D eigenvalue weighted by molar-refractivity contribution is -0.320. The number of amides is 2. The van der Waals surface area contributed by atoms with E-state index < -0.39 is 40.1 Å². The van der Waals surface area contributed by atoms with Gasteiger partial charge in [0, 0.05) is 82.8 Å². The molecule has 1 aromatic rings. The van der Waals surface area contributed by atoms with Crippen molar-refractivity contribution >= 4 is 23.5 Å². The molecule has 1 spiro atoms. The van der Waals surface area contributed by atoms with Crippen LogP contribution in [0.25, 0.3) is 0 Å². The van der Waals surface area contributed by atoms with Gasteiger partial charge in [0.1, 0.15) is 11.2 Å². The molecule has 0 unspecified atom stereocenters. The van der Waals surface area contributed by atoms with Crippen molar-refractivity contribution in [3.05, 3.63) is 29.8 Å². The molecule has 0 radical (unpaired) electrons. The van der Waals surface area contributed by atoms with Gasteiger partial charge in [-0.1, -0.05) is 19.1 Å². The van der Waals surface area contributed by atoms with Crippen molar-refractivity contribution in [1.82, 2.24) is 4.90 Å². The number of methoxy groups -OCH3 is 4. The lowest BCUT2D eigenvalue weighted by Crippen LogP contribution is -2.82. The Morgan fingerprint density at radius 2 is 1.73 bits per heavy atom. The first-order valence-electron chi connectivity index (χ1n) is 17.5. The number of carbonyl (C=O) groups excluding carboxylic acids is 3. The van der Waals surface area contributed by atoms with Gasteiger partial charge in [-0.25, -0.2) is 9.69 Å². The second-order valence-corrected chi connectivity index (χ2v) is 15.4. The number of nitrogens with zero attached hydrogens (tertiary/aromatic N) is 2. The fourth-order valence-electron chi connectivity index (χ4n) is 13.0. The van der Waals surface area contributed by atoms with Gasteiger partial charge < -0.3 is 33.9 Å².